The van der Waals surface area contributed by atoms with Crippen molar-refractivity contribution in [3.63, 3.8) is 0 Å². The van der Waals surface area contributed by atoms with E-state index in [-0.39, 0.29) is 0 Å². The minimum Gasteiger partial charge on any atom is -0.373 e. The molecule has 5 heteroatoms. The molecule has 0 amide bonds. The summed E-state index contributed by atoms with van der Waals surface area (Å²) in [4.78, 5) is 0. The van der Waals surface area contributed by atoms with Gasteiger partial charge in [-0.2, -0.15) is 5.10 Å². The number of rotatable bonds is 5. The van der Waals surface area contributed by atoms with E-state index in [4.69, 9.17) is 5.84 Å². The van der Waals surface area contributed by atoms with E-state index < -0.39 is 0 Å². The molecule has 4 N–H and O–H groups in total. The lowest BCUT2D eigenvalue weighted by atomic mass is 10.2. The highest BCUT2D eigenvalue weighted by Gasteiger charge is 2.13. The van der Waals surface area contributed by atoms with E-state index in [1.54, 1.807) is 0 Å². The van der Waals surface area contributed by atoms with Crippen molar-refractivity contribution in [1.29, 1.82) is 0 Å². The number of nitrogens with one attached hydrogen (secondary N) is 2. The Morgan fingerprint density at radius 1 is 1.58 bits per heavy atom. The van der Waals surface area contributed by atoms with Crippen LogP contribution in [0.5, 0.6) is 0 Å². The van der Waals surface area contributed by atoms with Gasteiger partial charge < -0.3 is 16.5 Å². The zero-order chi connectivity index (χ0) is 8.65. The van der Waals surface area contributed by atoms with Gasteiger partial charge in [0.2, 0.25) is 0 Å². The molecule has 1 unspecified atom stereocenters. The molecule has 0 saturated carbocycles. The fourth-order valence-corrected chi connectivity index (χ4v) is 1.22. The second kappa shape index (κ2) is 5.79. The Labute approximate surface area is 72.8 Å². The van der Waals surface area contributed by atoms with E-state index in [0.29, 0.717) is 6.04 Å². The van der Waals surface area contributed by atoms with E-state index >= 15 is 0 Å². The lowest BCUT2D eigenvalue weighted by molar-refractivity contribution is 0.547. The number of nitrogens with zero attached hydrogens (tertiary/aromatic N) is 2. The van der Waals surface area contributed by atoms with Crippen molar-refractivity contribution in [3.8, 4) is 0 Å². The highest BCUT2D eigenvalue weighted by molar-refractivity contribution is 5.53. The van der Waals surface area contributed by atoms with E-state index in [1.165, 1.54) is 12.8 Å². The Balaban J connectivity index is 1.87. The van der Waals surface area contributed by atoms with Crippen LogP contribution in [0.3, 0.4) is 0 Å². The van der Waals surface area contributed by atoms with Crippen LogP contribution in [-0.4, -0.2) is 38.6 Å². The van der Waals surface area contributed by atoms with E-state index in [1.807, 2.05) is 0 Å². The van der Waals surface area contributed by atoms with Gasteiger partial charge in [-0.15, -0.1) is 0 Å². The molecule has 0 bridgehead atoms. The van der Waals surface area contributed by atoms with Crippen molar-refractivity contribution in [2.24, 2.45) is 10.9 Å². The number of nitrogens with two attached hydrogens (primary N) is 1. The molecule has 1 aliphatic rings. The molecule has 0 aromatic carbocycles. The maximum absolute atomic E-state index is 4.90. The van der Waals surface area contributed by atoms with Crippen LogP contribution in [-0.2, 0) is 0 Å². The lowest BCUT2D eigenvalue weighted by Gasteiger charge is -2.09. The van der Waals surface area contributed by atoms with Crippen molar-refractivity contribution in [3.05, 3.63) is 0 Å². The van der Waals surface area contributed by atoms with Crippen LogP contribution in [0.25, 0.3) is 0 Å². The lowest BCUT2D eigenvalue weighted by Crippen LogP contribution is -2.35. The predicted octanol–water partition coefficient (Wildman–Crippen LogP) is -1.56. The Bertz CT molecular complexity index is 130. The molecule has 1 heterocycles. The van der Waals surface area contributed by atoms with Gasteiger partial charge in [-0.05, 0) is 6.42 Å². The summed E-state index contributed by atoms with van der Waals surface area (Å²) < 4.78 is 0. The number of hydrazone groups is 1. The third-order valence-corrected chi connectivity index (χ3v) is 1.85. The van der Waals surface area contributed by atoms with Crippen LogP contribution in [0.2, 0.25) is 0 Å². The van der Waals surface area contributed by atoms with Gasteiger partial charge in [-0.25, -0.2) is 5.32 Å². The fourth-order valence-electron chi connectivity index (χ4n) is 1.22. The molecular formula is C7H16N5. The van der Waals surface area contributed by atoms with Crippen LogP contribution in [0.1, 0.15) is 6.42 Å². The second-order valence-corrected chi connectivity index (χ2v) is 2.80. The summed E-state index contributed by atoms with van der Waals surface area (Å²) in [5.41, 5.74) is 0. The first kappa shape index (κ1) is 9.28. The van der Waals surface area contributed by atoms with Gasteiger partial charge in [0.05, 0.1) is 0 Å². The van der Waals surface area contributed by atoms with Crippen LogP contribution < -0.4 is 21.8 Å². The summed E-state index contributed by atoms with van der Waals surface area (Å²) in [6, 6.07) is 0.585. The molecule has 1 aliphatic heterocycles. The molecular weight excluding hydrogens is 154 g/mol. The Hall–Kier alpha value is -0.810. The third-order valence-electron chi connectivity index (χ3n) is 1.85. The quantitative estimate of drug-likeness (QED) is 0.154. The van der Waals surface area contributed by atoms with Gasteiger partial charge in [-0.3, -0.25) is 0 Å². The minimum absolute atomic E-state index is 0.585. The molecule has 5 nitrogen and oxygen atoms in total. The molecule has 1 atom stereocenters. The van der Waals surface area contributed by atoms with Gasteiger partial charge in [0.15, 0.2) is 0 Å². The molecule has 0 aliphatic carbocycles. The highest BCUT2D eigenvalue weighted by Crippen LogP contribution is 1.96. The molecule has 0 aromatic heterocycles. The topological polar surface area (TPSA) is 76.5 Å². The zero-order valence-corrected chi connectivity index (χ0v) is 7.16. The summed E-state index contributed by atoms with van der Waals surface area (Å²) in [6.07, 6.45) is 2.67. The van der Waals surface area contributed by atoms with Gasteiger partial charge >= 0.3 is 0 Å². The van der Waals surface area contributed by atoms with E-state index in [0.717, 1.165) is 26.2 Å². The van der Waals surface area contributed by atoms with Crippen molar-refractivity contribution in [2.45, 2.75) is 12.5 Å². The van der Waals surface area contributed by atoms with Crippen molar-refractivity contribution in [1.82, 2.24) is 16.0 Å². The molecule has 1 fully saturated rings. The molecule has 1 radical (unpaired) electrons. The monoisotopic (exact) mass is 170 g/mol. The zero-order valence-electron chi connectivity index (χ0n) is 7.16. The first-order valence-electron chi connectivity index (χ1n) is 4.25. The fraction of sp³-hybridized carbons (Fsp3) is 0.857. The average molecular weight is 170 g/mol. The smallest absolute Gasteiger partial charge is 0.108 e. The second-order valence-electron chi connectivity index (χ2n) is 2.80. The molecule has 1 rings (SSSR count). The molecule has 12 heavy (non-hydrogen) atoms. The van der Waals surface area contributed by atoms with Crippen molar-refractivity contribution >= 4 is 6.34 Å². The molecule has 69 valence electrons. The van der Waals surface area contributed by atoms with Crippen LogP contribution in [0, 0.1) is 0 Å². The first-order chi connectivity index (χ1) is 5.93. The van der Waals surface area contributed by atoms with Crippen LogP contribution in [0.15, 0.2) is 5.10 Å². The van der Waals surface area contributed by atoms with E-state index in [9.17, 15) is 0 Å². The molecule has 1 saturated heterocycles. The largest absolute Gasteiger partial charge is 0.373 e. The Kier molecular flexibility index (Phi) is 4.48. The van der Waals surface area contributed by atoms with Gasteiger partial charge in [0.25, 0.3) is 0 Å². The maximum atomic E-state index is 4.90. The number of hydrogen-bond donors (Lipinski definition) is 3. The van der Waals surface area contributed by atoms with E-state index in [2.05, 4.69) is 21.1 Å². The van der Waals surface area contributed by atoms with Crippen molar-refractivity contribution in [2.75, 3.05) is 26.2 Å². The Morgan fingerprint density at radius 3 is 3.17 bits per heavy atom. The van der Waals surface area contributed by atoms with Gasteiger partial charge in [0.1, 0.15) is 6.34 Å². The normalized spacial score (nSPS) is 23.5. The predicted molar refractivity (Wildman–Crippen MR) is 49.0 cm³/mol. The standard InChI is InChI=1S/C7H16N5/c8-12-6-10-3-4-11-7-1-2-9-5-7/h6-7,11H,1-5,8H2,(H,10,12). The third kappa shape index (κ3) is 3.54. The minimum atomic E-state index is 0.585. The molecule has 0 spiro atoms. The number of hydrogen-bond acceptors (Lipinski definition) is 3. The highest BCUT2D eigenvalue weighted by atomic mass is 15.2. The van der Waals surface area contributed by atoms with Crippen LogP contribution in [0.4, 0.5) is 0 Å². The van der Waals surface area contributed by atoms with Gasteiger partial charge in [0, 0.05) is 32.2 Å². The SMILES string of the molecule is NN=CNCCNC1CC[N]C1. The van der Waals surface area contributed by atoms with Gasteiger partial charge in [-0.1, -0.05) is 0 Å². The average Bonchev–Trinajstić information content (AvgIpc) is 2.57. The molecule has 0 aromatic rings. The summed E-state index contributed by atoms with van der Waals surface area (Å²) in [6.45, 7) is 3.77. The maximum Gasteiger partial charge on any atom is 0.108 e. The summed E-state index contributed by atoms with van der Waals surface area (Å²) >= 11 is 0. The summed E-state index contributed by atoms with van der Waals surface area (Å²) in [5, 5.41) is 13.9. The Morgan fingerprint density at radius 2 is 2.50 bits per heavy atom. The van der Waals surface area contributed by atoms with Crippen LogP contribution >= 0.6 is 0 Å². The summed E-state index contributed by atoms with van der Waals surface area (Å²) in [5.74, 6) is 4.90. The first-order valence-corrected chi connectivity index (χ1v) is 4.25. The van der Waals surface area contributed by atoms with Crippen molar-refractivity contribution < 1.29 is 0 Å². The summed E-state index contributed by atoms with van der Waals surface area (Å²) in [7, 11) is 0.